The van der Waals surface area contributed by atoms with E-state index in [-0.39, 0.29) is 24.4 Å². The van der Waals surface area contributed by atoms with Crippen LogP contribution >= 0.6 is 12.4 Å². The van der Waals surface area contributed by atoms with Gasteiger partial charge in [-0.3, -0.25) is 0 Å². The highest BCUT2D eigenvalue weighted by Gasteiger charge is 2.35. The molecule has 2 aliphatic carbocycles. The highest BCUT2D eigenvalue weighted by molar-refractivity contribution is 5.85. The van der Waals surface area contributed by atoms with Crippen LogP contribution in [0.5, 0.6) is 0 Å². The molecule has 0 spiro atoms. The normalized spacial score (nSPS) is 27.2. The van der Waals surface area contributed by atoms with Crippen molar-refractivity contribution < 1.29 is 9.53 Å². The number of nitrogens with zero attached hydrogens (tertiary/aromatic N) is 1. The van der Waals surface area contributed by atoms with Crippen LogP contribution in [0.4, 0.5) is 4.79 Å². The molecule has 3 rings (SSSR count). The van der Waals surface area contributed by atoms with Crippen molar-refractivity contribution in [2.24, 2.45) is 5.92 Å². The van der Waals surface area contributed by atoms with Gasteiger partial charge in [0.05, 0.1) is 0 Å². The van der Waals surface area contributed by atoms with Gasteiger partial charge in [0, 0.05) is 26.1 Å². The Morgan fingerprint density at radius 2 is 2.20 bits per heavy atom. The number of carbonyl (C=O) groups excluding carboxylic acids is 1. The maximum absolute atomic E-state index is 11.7. The molecule has 1 heterocycles. The number of rotatable bonds is 1. The zero-order valence-electron chi connectivity index (χ0n) is 11.9. The molecule has 0 aromatic carbocycles. The van der Waals surface area contributed by atoms with Crippen molar-refractivity contribution in [1.29, 1.82) is 0 Å². The smallest absolute Gasteiger partial charge is 0.414 e. The summed E-state index contributed by atoms with van der Waals surface area (Å²) in [5.74, 6) is 1.06. The van der Waals surface area contributed by atoms with E-state index in [1.165, 1.54) is 16.0 Å². The van der Waals surface area contributed by atoms with Crippen molar-refractivity contribution in [3.8, 4) is 0 Å². The average molecular weight is 297 g/mol. The Morgan fingerprint density at radius 1 is 1.40 bits per heavy atom. The van der Waals surface area contributed by atoms with Crippen LogP contribution in [0.15, 0.2) is 35.1 Å². The summed E-state index contributed by atoms with van der Waals surface area (Å²) in [6, 6.07) is 0.541. The van der Waals surface area contributed by atoms with Crippen LogP contribution in [0.25, 0.3) is 0 Å². The van der Waals surface area contributed by atoms with Crippen LogP contribution in [0.3, 0.4) is 0 Å². The summed E-state index contributed by atoms with van der Waals surface area (Å²) in [6.07, 6.45) is 9.12. The number of amides is 1. The van der Waals surface area contributed by atoms with Gasteiger partial charge < -0.3 is 15.0 Å². The minimum absolute atomic E-state index is 0. The van der Waals surface area contributed by atoms with Crippen molar-refractivity contribution >= 4 is 18.5 Å². The predicted molar refractivity (Wildman–Crippen MR) is 80.8 cm³/mol. The predicted octanol–water partition coefficient (Wildman–Crippen LogP) is 2.63. The number of nitrogens with one attached hydrogen (secondary N) is 1. The number of ether oxygens (including phenoxy) is 1. The molecule has 3 aliphatic rings. The number of hydrogen-bond donors (Lipinski definition) is 1. The molecule has 0 radical (unpaired) electrons. The molecule has 20 heavy (non-hydrogen) atoms. The molecule has 5 heteroatoms. The summed E-state index contributed by atoms with van der Waals surface area (Å²) in [4.78, 5) is 13.2. The van der Waals surface area contributed by atoms with Gasteiger partial charge >= 0.3 is 6.09 Å². The number of fused-ring (bicyclic) bond motifs is 2. The maximum Gasteiger partial charge on any atom is 0.414 e. The standard InChI is InChI=1S/C15H20N2O2.ClH/c1-17(2)15(18)19-14-5-3-4-10-11-8-9-16-13(11)7-6-12(10)14;/h3-5,12-13,16H,6-9H2,1-2H3;1H. The van der Waals surface area contributed by atoms with E-state index in [0.717, 1.165) is 31.6 Å². The molecule has 1 fully saturated rings. The monoisotopic (exact) mass is 296 g/mol. The first-order chi connectivity index (χ1) is 9.16. The third kappa shape index (κ3) is 2.63. The van der Waals surface area contributed by atoms with Crippen LogP contribution in [0, 0.1) is 5.92 Å². The molecule has 0 aromatic heterocycles. The zero-order chi connectivity index (χ0) is 13.4. The van der Waals surface area contributed by atoms with Gasteiger partial charge in [0.25, 0.3) is 0 Å². The van der Waals surface area contributed by atoms with Crippen LogP contribution in [0.1, 0.15) is 19.3 Å². The largest absolute Gasteiger partial charge is 0.414 e. The molecular formula is C15H21ClN2O2. The molecule has 0 saturated carbocycles. The van der Waals surface area contributed by atoms with Crippen molar-refractivity contribution in [3.63, 3.8) is 0 Å². The second kappa shape index (κ2) is 6.02. The van der Waals surface area contributed by atoms with E-state index < -0.39 is 0 Å². The van der Waals surface area contributed by atoms with Gasteiger partial charge in [-0.1, -0.05) is 12.2 Å². The van der Waals surface area contributed by atoms with Gasteiger partial charge in [-0.25, -0.2) is 4.79 Å². The van der Waals surface area contributed by atoms with E-state index in [4.69, 9.17) is 4.74 Å². The Kier molecular flexibility index (Phi) is 4.55. The van der Waals surface area contributed by atoms with Gasteiger partial charge in [-0.2, -0.15) is 0 Å². The lowest BCUT2D eigenvalue weighted by Gasteiger charge is -2.32. The lowest BCUT2D eigenvalue weighted by molar-refractivity contribution is 0.137. The van der Waals surface area contributed by atoms with Crippen LogP contribution in [-0.2, 0) is 4.74 Å². The summed E-state index contributed by atoms with van der Waals surface area (Å²) in [7, 11) is 3.41. The maximum atomic E-state index is 11.7. The quantitative estimate of drug-likeness (QED) is 0.809. The first-order valence-corrected chi connectivity index (χ1v) is 6.90. The highest BCUT2D eigenvalue weighted by atomic mass is 35.5. The van der Waals surface area contributed by atoms with Crippen LogP contribution in [-0.4, -0.2) is 37.7 Å². The van der Waals surface area contributed by atoms with Crippen LogP contribution in [0.2, 0.25) is 0 Å². The SMILES string of the molecule is CN(C)C(=O)OC1=CC=CC2=C3CCNC3CCC12.Cl. The van der Waals surface area contributed by atoms with Gasteiger partial charge in [0.15, 0.2) is 0 Å². The first kappa shape index (κ1) is 15.1. The van der Waals surface area contributed by atoms with E-state index in [0.29, 0.717) is 6.04 Å². The second-order valence-electron chi connectivity index (χ2n) is 5.56. The van der Waals surface area contributed by atoms with Crippen molar-refractivity contribution in [1.82, 2.24) is 10.2 Å². The molecule has 1 saturated heterocycles. The van der Waals surface area contributed by atoms with E-state index in [1.54, 1.807) is 14.1 Å². The fourth-order valence-corrected chi connectivity index (χ4v) is 3.19. The number of allylic oxidation sites excluding steroid dienone is 4. The lowest BCUT2D eigenvalue weighted by atomic mass is 9.77. The zero-order valence-corrected chi connectivity index (χ0v) is 12.7. The van der Waals surface area contributed by atoms with Gasteiger partial charge in [-0.05, 0) is 43.0 Å². The third-order valence-electron chi connectivity index (χ3n) is 4.15. The Balaban J connectivity index is 0.00000147. The minimum atomic E-state index is -0.294. The van der Waals surface area contributed by atoms with Crippen molar-refractivity contribution in [3.05, 3.63) is 35.1 Å². The summed E-state index contributed by atoms with van der Waals surface area (Å²) < 4.78 is 5.51. The molecule has 2 atom stereocenters. The lowest BCUT2D eigenvalue weighted by Crippen LogP contribution is -2.31. The summed E-state index contributed by atoms with van der Waals surface area (Å²) in [5.41, 5.74) is 2.88. The van der Waals surface area contributed by atoms with Crippen molar-refractivity contribution in [2.45, 2.75) is 25.3 Å². The Labute approximate surface area is 125 Å². The van der Waals surface area contributed by atoms with Gasteiger partial charge in [-0.15, -0.1) is 12.4 Å². The minimum Gasteiger partial charge on any atom is -0.414 e. The third-order valence-corrected chi connectivity index (χ3v) is 4.15. The van der Waals surface area contributed by atoms with Gasteiger partial charge in [0.1, 0.15) is 5.76 Å². The number of halogens is 1. The molecule has 0 aromatic rings. The molecule has 1 aliphatic heterocycles. The Bertz CT molecular complexity index is 494. The summed E-state index contributed by atoms with van der Waals surface area (Å²) in [5, 5.41) is 3.54. The molecular weight excluding hydrogens is 276 g/mol. The molecule has 1 amide bonds. The van der Waals surface area contributed by atoms with E-state index in [9.17, 15) is 4.79 Å². The van der Waals surface area contributed by atoms with Crippen LogP contribution < -0.4 is 5.32 Å². The van der Waals surface area contributed by atoms with E-state index in [1.807, 2.05) is 12.2 Å². The average Bonchev–Trinajstić information content (AvgIpc) is 2.87. The van der Waals surface area contributed by atoms with Gasteiger partial charge in [0.2, 0.25) is 0 Å². The van der Waals surface area contributed by atoms with E-state index >= 15 is 0 Å². The highest BCUT2D eigenvalue weighted by Crippen LogP contribution is 2.41. The molecule has 2 unspecified atom stereocenters. The molecule has 0 bridgehead atoms. The second-order valence-corrected chi connectivity index (χ2v) is 5.56. The summed E-state index contributed by atoms with van der Waals surface area (Å²) in [6.45, 7) is 1.07. The van der Waals surface area contributed by atoms with Crippen molar-refractivity contribution in [2.75, 3.05) is 20.6 Å². The molecule has 4 nitrogen and oxygen atoms in total. The Morgan fingerprint density at radius 3 is 2.95 bits per heavy atom. The number of carbonyl (C=O) groups is 1. The fourth-order valence-electron chi connectivity index (χ4n) is 3.19. The summed E-state index contributed by atoms with van der Waals surface area (Å²) >= 11 is 0. The Hall–Kier alpha value is -1.26. The first-order valence-electron chi connectivity index (χ1n) is 6.90. The molecule has 1 N–H and O–H groups in total. The molecule has 110 valence electrons. The number of hydrogen-bond acceptors (Lipinski definition) is 3. The fraction of sp³-hybridized carbons (Fsp3) is 0.533. The van der Waals surface area contributed by atoms with E-state index in [2.05, 4.69) is 11.4 Å². The topological polar surface area (TPSA) is 41.6 Å².